The van der Waals surface area contributed by atoms with E-state index in [0.29, 0.717) is 0 Å². The van der Waals surface area contributed by atoms with Crippen LogP contribution in [-0.2, 0) is 17.6 Å². The van der Waals surface area contributed by atoms with Gasteiger partial charge in [0.1, 0.15) is 0 Å². The van der Waals surface area contributed by atoms with Crippen LogP contribution in [0.4, 0.5) is 0 Å². The standard InChI is InChI=1S/C8H12BrNOS/c1-11-5-3-8-10-7(2-4-9)6-12-8/h6H,2-5H2,1H3. The Hall–Kier alpha value is 0.0700. The molecule has 0 spiro atoms. The summed E-state index contributed by atoms with van der Waals surface area (Å²) < 4.78 is 4.97. The minimum absolute atomic E-state index is 0.765. The normalized spacial score (nSPS) is 10.5. The molecule has 1 rings (SSSR count). The molecule has 0 unspecified atom stereocenters. The minimum atomic E-state index is 0.765. The molecular formula is C8H12BrNOS. The van der Waals surface area contributed by atoms with Crippen LogP contribution in [0.1, 0.15) is 10.7 Å². The van der Waals surface area contributed by atoms with Crippen LogP contribution in [-0.4, -0.2) is 24.0 Å². The predicted octanol–water partition coefficient (Wildman–Crippen LogP) is 2.27. The van der Waals surface area contributed by atoms with Gasteiger partial charge in [-0.15, -0.1) is 11.3 Å². The second-order valence-electron chi connectivity index (χ2n) is 2.41. The van der Waals surface area contributed by atoms with Crippen molar-refractivity contribution in [2.45, 2.75) is 12.8 Å². The zero-order valence-corrected chi connectivity index (χ0v) is 9.45. The molecule has 0 N–H and O–H groups in total. The van der Waals surface area contributed by atoms with Gasteiger partial charge in [-0.3, -0.25) is 0 Å². The molecule has 0 aliphatic rings. The molecule has 0 radical (unpaired) electrons. The van der Waals surface area contributed by atoms with Crippen LogP contribution in [0.5, 0.6) is 0 Å². The molecule has 0 atom stereocenters. The van der Waals surface area contributed by atoms with Gasteiger partial charge in [-0.25, -0.2) is 4.98 Å². The number of nitrogens with zero attached hydrogens (tertiary/aromatic N) is 1. The summed E-state index contributed by atoms with van der Waals surface area (Å²) in [7, 11) is 1.72. The summed E-state index contributed by atoms with van der Waals surface area (Å²) in [6.07, 6.45) is 1.95. The number of rotatable bonds is 5. The fourth-order valence-electron chi connectivity index (χ4n) is 0.865. The van der Waals surface area contributed by atoms with Crippen molar-refractivity contribution in [3.8, 4) is 0 Å². The largest absolute Gasteiger partial charge is 0.384 e. The SMILES string of the molecule is COCCc1nc(CCBr)cs1. The first-order valence-corrected chi connectivity index (χ1v) is 5.85. The Morgan fingerprint density at radius 1 is 1.58 bits per heavy atom. The maximum atomic E-state index is 4.97. The topological polar surface area (TPSA) is 22.1 Å². The van der Waals surface area contributed by atoms with Crippen molar-refractivity contribution in [1.29, 1.82) is 0 Å². The van der Waals surface area contributed by atoms with E-state index in [-0.39, 0.29) is 0 Å². The highest BCUT2D eigenvalue weighted by atomic mass is 79.9. The van der Waals surface area contributed by atoms with Crippen LogP contribution in [0.3, 0.4) is 0 Å². The molecule has 0 saturated heterocycles. The van der Waals surface area contributed by atoms with Crippen molar-refractivity contribution in [2.24, 2.45) is 0 Å². The Morgan fingerprint density at radius 3 is 3.08 bits per heavy atom. The van der Waals surface area contributed by atoms with Crippen molar-refractivity contribution >= 4 is 27.3 Å². The molecule has 1 aromatic rings. The lowest BCUT2D eigenvalue weighted by molar-refractivity contribution is 0.202. The molecule has 1 aromatic heterocycles. The monoisotopic (exact) mass is 249 g/mol. The number of ether oxygens (including phenoxy) is 1. The maximum Gasteiger partial charge on any atom is 0.0951 e. The average molecular weight is 250 g/mol. The molecule has 0 amide bonds. The molecular weight excluding hydrogens is 238 g/mol. The number of hydrogen-bond acceptors (Lipinski definition) is 3. The molecule has 0 aliphatic carbocycles. The molecule has 1 heterocycles. The van der Waals surface area contributed by atoms with E-state index in [0.717, 1.165) is 24.8 Å². The molecule has 2 nitrogen and oxygen atoms in total. The van der Waals surface area contributed by atoms with Crippen molar-refractivity contribution in [3.63, 3.8) is 0 Å². The molecule has 0 saturated carbocycles. The molecule has 0 aromatic carbocycles. The van der Waals surface area contributed by atoms with Gasteiger partial charge in [0.05, 0.1) is 17.3 Å². The van der Waals surface area contributed by atoms with E-state index in [1.807, 2.05) is 0 Å². The smallest absolute Gasteiger partial charge is 0.0951 e. The first-order chi connectivity index (χ1) is 5.86. The van der Waals surface area contributed by atoms with Gasteiger partial charge in [0.15, 0.2) is 0 Å². The second-order valence-corrected chi connectivity index (χ2v) is 4.15. The van der Waals surface area contributed by atoms with E-state index in [9.17, 15) is 0 Å². The molecule has 0 fully saturated rings. The molecule has 12 heavy (non-hydrogen) atoms. The molecule has 4 heteroatoms. The summed E-state index contributed by atoms with van der Waals surface area (Å²) in [5.74, 6) is 0. The van der Waals surface area contributed by atoms with Gasteiger partial charge in [0, 0.05) is 30.7 Å². The summed E-state index contributed by atoms with van der Waals surface area (Å²) in [6.45, 7) is 0.765. The second kappa shape index (κ2) is 5.67. The van der Waals surface area contributed by atoms with E-state index in [4.69, 9.17) is 4.74 Å². The Bertz CT molecular complexity index is 227. The Kier molecular flexibility index (Phi) is 4.80. The van der Waals surface area contributed by atoms with Crippen molar-refractivity contribution in [1.82, 2.24) is 4.98 Å². The summed E-state index contributed by atoms with van der Waals surface area (Å²) in [5, 5.41) is 4.28. The average Bonchev–Trinajstić information content (AvgIpc) is 2.50. The number of thiazole rings is 1. The third kappa shape index (κ3) is 3.21. The Labute approximate surface area is 85.1 Å². The minimum Gasteiger partial charge on any atom is -0.384 e. The van der Waals surface area contributed by atoms with Gasteiger partial charge in [0.25, 0.3) is 0 Å². The molecule has 0 bridgehead atoms. The van der Waals surface area contributed by atoms with E-state index < -0.39 is 0 Å². The summed E-state index contributed by atoms with van der Waals surface area (Å²) in [5.41, 5.74) is 1.18. The first kappa shape index (κ1) is 10.2. The van der Waals surface area contributed by atoms with E-state index in [1.165, 1.54) is 10.7 Å². The number of aromatic nitrogens is 1. The van der Waals surface area contributed by atoms with Gasteiger partial charge in [-0.1, -0.05) is 15.9 Å². The van der Waals surface area contributed by atoms with Gasteiger partial charge >= 0.3 is 0 Å². The van der Waals surface area contributed by atoms with E-state index in [2.05, 4.69) is 26.3 Å². The van der Waals surface area contributed by atoms with Crippen LogP contribution >= 0.6 is 27.3 Å². The third-order valence-corrected chi connectivity index (χ3v) is 2.82. The Balaban J connectivity index is 2.41. The molecule has 0 aliphatic heterocycles. The van der Waals surface area contributed by atoms with Gasteiger partial charge in [-0.2, -0.15) is 0 Å². The van der Waals surface area contributed by atoms with Crippen molar-refractivity contribution in [3.05, 3.63) is 16.1 Å². The van der Waals surface area contributed by atoms with Crippen LogP contribution in [0.25, 0.3) is 0 Å². The van der Waals surface area contributed by atoms with Crippen LogP contribution in [0.2, 0.25) is 0 Å². The third-order valence-electron chi connectivity index (χ3n) is 1.47. The number of alkyl halides is 1. The number of aryl methyl sites for hydroxylation is 1. The predicted molar refractivity (Wildman–Crippen MR) is 55.2 cm³/mol. The fourth-order valence-corrected chi connectivity index (χ4v) is 2.08. The summed E-state index contributed by atoms with van der Waals surface area (Å²) in [6, 6.07) is 0. The zero-order valence-electron chi connectivity index (χ0n) is 7.05. The van der Waals surface area contributed by atoms with Gasteiger partial charge in [-0.05, 0) is 0 Å². The van der Waals surface area contributed by atoms with Crippen LogP contribution < -0.4 is 0 Å². The highest BCUT2D eigenvalue weighted by molar-refractivity contribution is 9.09. The Morgan fingerprint density at radius 2 is 2.42 bits per heavy atom. The quantitative estimate of drug-likeness (QED) is 0.748. The van der Waals surface area contributed by atoms with Crippen LogP contribution in [0.15, 0.2) is 5.38 Å². The van der Waals surface area contributed by atoms with Gasteiger partial charge < -0.3 is 4.74 Å². The number of halogens is 1. The summed E-state index contributed by atoms with van der Waals surface area (Å²) in [4.78, 5) is 4.45. The van der Waals surface area contributed by atoms with E-state index in [1.54, 1.807) is 18.4 Å². The molecule has 68 valence electrons. The lowest BCUT2D eigenvalue weighted by atomic mass is 10.4. The lowest BCUT2D eigenvalue weighted by Gasteiger charge is -1.93. The zero-order chi connectivity index (χ0) is 8.81. The van der Waals surface area contributed by atoms with Gasteiger partial charge in [0.2, 0.25) is 0 Å². The van der Waals surface area contributed by atoms with Crippen molar-refractivity contribution < 1.29 is 4.74 Å². The fraction of sp³-hybridized carbons (Fsp3) is 0.625. The number of hydrogen-bond donors (Lipinski definition) is 0. The first-order valence-electron chi connectivity index (χ1n) is 3.85. The highest BCUT2D eigenvalue weighted by Crippen LogP contribution is 2.11. The maximum absolute atomic E-state index is 4.97. The number of methoxy groups -OCH3 is 1. The summed E-state index contributed by atoms with van der Waals surface area (Å²) >= 11 is 5.11. The lowest BCUT2D eigenvalue weighted by Crippen LogP contribution is -1.94. The van der Waals surface area contributed by atoms with E-state index >= 15 is 0 Å². The van der Waals surface area contributed by atoms with Crippen molar-refractivity contribution in [2.75, 3.05) is 19.0 Å². The highest BCUT2D eigenvalue weighted by Gasteiger charge is 2.00. The van der Waals surface area contributed by atoms with Crippen LogP contribution in [0, 0.1) is 0 Å².